The first-order chi connectivity index (χ1) is 15.0. The number of ether oxygens (including phenoxy) is 1. The molecule has 1 aromatic rings. The zero-order valence-corrected chi connectivity index (χ0v) is 21.1. The van der Waals surface area contributed by atoms with Gasteiger partial charge in [0.1, 0.15) is 18.1 Å². The second-order valence-electron chi connectivity index (χ2n) is 8.60. The Bertz CT molecular complexity index is 832. The first-order valence-electron chi connectivity index (χ1n) is 10.7. The molecule has 0 radical (unpaired) electrons. The van der Waals surface area contributed by atoms with Gasteiger partial charge in [-0.2, -0.15) is 0 Å². The average molecular weight is 470 g/mol. The summed E-state index contributed by atoms with van der Waals surface area (Å²) in [5, 5.41) is 0. The quantitative estimate of drug-likeness (QED) is 0.405. The van der Waals surface area contributed by atoms with Gasteiger partial charge in [0.05, 0.1) is 19.8 Å². The van der Waals surface area contributed by atoms with Gasteiger partial charge in [-0.15, -0.1) is 23.5 Å². The van der Waals surface area contributed by atoms with E-state index in [9.17, 15) is 9.59 Å². The predicted octanol–water partition coefficient (Wildman–Crippen LogP) is 2.94. The Morgan fingerprint density at radius 1 is 1.31 bits per heavy atom. The highest BCUT2D eigenvalue weighted by Gasteiger charge is 2.36. The molecule has 1 N–H and O–H groups in total. The fourth-order valence-corrected chi connectivity index (χ4v) is 3.99. The second-order valence-corrected chi connectivity index (χ2v) is 12.5. The fourth-order valence-electron chi connectivity index (χ4n) is 3.10. The number of hydrogen-bond donors (Lipinski definition) is 1. The van der Waals surface area contributed by atoms with Crippen LogP contribution in [0, 0.1) is 0 Å². The minimum absolute atomic E-state index is 0.0921. The third-order valence-electron chi connectivity index (χ3n) is 5.50. The van der Waals surface area contributed by atoms with Gasteiger partial charge in [-0.05, 0) is 32.3 Å². The largest absolute Gasteiger partial charge is 0.375 e. The lowest BCUT2D eigenvalue weighted by Gasteiger charge is -2.43. The van der Waals surface area contributed by atoms with Crippen LogP contribution in [0.25, 0.3) is 0 Å². The number of carbonyl (C=O) groups is 2. The van der Waals surface area contributed by atoms with Gasteiger partial charge in [-0.25, -0.2) is 0 Å². The number of pyridine rings is 1. The zero-order chi connectivity index (χ0) is 24.5. The summed E-state index contributed by atoms with van der Waals surface area (Å²) in [4.78, 5) is 36.0. The van der Waals surface area contributed by atoms with Gasteiger partial charge in [0.25, 0.3) is 5.91 Å². The van der Waals surface area contributed by atoms with Crippen molar-refractivity contribution in [1.82, 2.24) is 9.58 Å². The Kier molecular flexibility index (Phi) is 10.7. The Labute approximate surface area is 193 Å². The molecule has 1 unspecified atom stereocenters. The standard InChI is InChI=1S/C19H31N3O4S.C2H4O.C2H4/c1-19(2,3)27(4,5)26-11-6-7-14-15(23)8-9-22-17(14)18(24)21-10-12-25-13-16(21)20-22;1-2-3;1-2/h8-9,16,20H,6-7,10-13H2,1-5H3;2H,1H3;1-2H2. The summed E-state index contributed by atoms with van der Waals surface area (Å²) in [5.74, 6) is -0.101. The van der Waals surface area contributed by atoms with Crippen LogP contribution in [0.3, 0.4) is 0 Å². The molecule has 1 atom stereocenters. The predicted molar refractivity (Wildman–Crippen MR) is 132 cm³/mol. The first-order valence-corrected chi connectivity index (χ1v) is 13.1. The lowest BCUT2D eigenvalue weighted by atomic mass is 10.1. The third-order valence-corrected chi connectivity index (χ3v) is 9.21. The summed E-state index contributed by atoms with van der Waals surface area (Å²) in [5.41, 5.74) is 4.18. The molecule has 2 aliphatic rings. The highest BCUT2D eigenvalue weighted by atomic mass is 32.3. The minimum Gasteiger partial charge on any atom is -0.375 e. The molecule has 1 amide bonds. The van der Waals surface area contributed by atoms with E-state index in [4.69, 9.17) is 13.7 Å². The molecule has 0 saturated carbocycles. The van der Waals surface area contributed by atoms with Crippen LogP contribution in [0.15, 0.2) is 30.2 Å². The van der Waals surface area contributed by atoms with E-state index in [1.54, 1.807) is 15.8 Å². The normalized spacial score (nSPS) is 18.0. The molecule has 3 heterocycles. The van der Waals surface area contributed by atoms with Crippen molar-refractivity contribution in [1.29, 1.82) is 0 Å². The fraction of sp³-hybridized carbons (Fsp3) is 0.609. The summed E-state index contributed by atoms with van der Waals surface area (Å²) in [7, 11) is -1.19. The van der Waals surface area contributed by atoms with Crippen molar-refractivity contribution in [2.75, 3.05) is 44.3 Å². The van der Waals surface area contributed by atoms with E-state index in [-0.39, 0.29) is 22.2 Å². The molecule has 0 aliphatic carbocycles. The molecule has 9 heteroatoms. The van der Waals surface area contributed by atoms with Crippen LogP contribution in [-0.2, 0) is 20.1 Å². The molecule has 182 valence electrons. The van der Waals surface area contributed by atoms with Gasteiger partial charge in [-0.1, -0.05) is 20.8 Å². The van der Waals surface area contributed by atoms with Crippen LogP contribution in [0.2, 0.25) is 0 Å². The van der Waals surface area contributed by atoms with Gasteiger partial charge in [-0.3, -0.25) is 14.3 Å². The molecular weight excluding hydrogens is 430 g/mol. The number of rotatable bonds is 5. The van der Waals surface area contributed by atoms with Crippen molar-refractivity contribution in [3.8, 4) is 0 Å². The zero-order valence-electron chi connectivity index (χ0n) is 20.3. The number of nitrogens with zero attached hydrogens (tertiary/aromatic N) is 2. The summed E-state index contributed by atoms with van der Waals surface area (Å²) in [6.07, 6.45) is 7.76. The van der Waals surface area contributed by atoms with Gasteiger partial charge in [0, 0.05) is 29.1 Å². The number of fused-ring (bicyclic) bond motifs is 2. The van der Waals surface area contributed by atoms with E-state index in [0.717, 1.165) is 6.29 Å². The minimum atomic E-state index is -1.19. The van der Waals surface area contributed by atoms with E-state index in [0.29, 0.717) is 50.5 Å². The number of aldehydes is 1. The van der Waals surface area contributed by atoms with Crippen molar-refractivity contribution < 1.29 is 18.5 Å². The van der Waals surface area contributed by atoms with E-state index in [1.807, 2.05) is 0 Å². The molecule has 2 aliphatic heterocycles. The number of aromatic nitrogens is 1. The van der Waals surface area contributed by atoms with Crippen molar-refractivity contribution >= 4 is 22.5 Å². The number of nitrogens with one attached hydrogen (secondary N) is 1. The molecule has 0 spiro atoms. The van der Waals surface area contributed by atoms with Gasteiger partial charge in [0.15, 0.2) is 5.43 Å². The van der Waals surface area contributed by atoms with Gasteiger partial charge < -0.3 is 24.0 Å². The van der Waals surface area contributed by atoms with E-state index >= 15 is 0 Å². The van der Waals surface area contributed by atoms with Crippen molar-refractivity contribution in [3.05, 3.63) is 46.9 Å². The van der Waals surface area contributed by atoms with Crippen molar-refractivity contribution in [2.24, 2.45) is 0 Å². The highest BCUT2D eigenvalue weighted by Crippen LogP contribution is 2.53. The number of amides is 1. The third kappa shape index (κ3) is 6.70. The maximum absolute atomic E-state index is 13.0. The number of hydrogen-bond acceptors (Lipinski definition) is 6. The Morgan fingerprint density at radius 2 is 1.94 bits per heavy atom. The maximum atomic E-state index is 13.0. The first kappa shape index (κ1) is 27.9. The molecule has 3 rings (SSSR count). The highest BCUT2D eigenvalue weighted by molar-refractivity contribution is 8.29. The van der Waals surface area contributed by atoms with E-state index in [2.05, 4.69) is 51.9 Å². The molecule has 0 bridgehead atoms. The smallest absolute Gasteiger partial charge is 0.274 e. The molecule has 1 saturated heterocycles. The summed E-state index contributed by atoms with van der Waals surface area (Å²) < 4.78 is 13.4. The van der Waals surface area contributed by atoms with Crippen LogP contribution in [0.4, 0.5) is 0 Å². The van der Waals surface area contributed by atoms with Crippen molar-refractivity contribution in [2.45, 2.75) is 51.4 Å². The van der Waals surface area contributed by atoms with Crippen LogP contribution in [-0.4, -0.2) is 71.6 Å². The SMILES string of the molecule is C=C.CC(C)(C)S(C)(C)OCCCc1c2n(ccc1=O)NC1COCCN1C2=O.CC=O. The lowest BCUT2D eigenvalue weighted by Crippen LogP contribution is -2.59. The van der Waals surface area contributed by atoms with Crippen LogP contribution in [0.1, 0.15) is 50.2 Å². The summed E-state index contributed by atoms with van der Waals surface area (Å²) in [6.45, 7) is 16.1. The Balaban J connectivity index is 0.000000944. The maximum Gasteiger partial charge on any atom is 0.274 e. The van der Waals surface area contributed by atoms with Gasteiger partial charge in [0.2, 0.25) is 0 Å². The summed E-state index contributed by atoms with van der Waals surface area (Å²) in [6, 6.07) is 1.52. The Hall–Kier alpha value is -2.10. The molecule has 0 aromatic carbocycles. The topological polar surface area (TPSA) is 89.9 Å². The number of carbonyl (C=O) groups excluding carboxylic acids is 2. The molecule has 1 aromatic heterocycles. The van der Waals surface area contributed by atoms with Crippen LogP contribution >= 0.6 is 10.3 Å². The van der Waals surface area contributed by atoms with Crippen LogP contribution < -0.4 is 10.9 Å². The molecule has 1 fully saturated rings. The average Bonchev–Trinajstić information content (AvgIpc) is 2.74. The summed E-state index contributed by atoms with van der Waals surface area (Å²) >= 11 is 0. The molecule has 8 nitrogen and oxygen atoms in total. The molecular formula is C23H39N3O5S. The number of morpholine rings is 1. The van der Waals surface area contributed by atoms with Crippen LogP contribution in [0.5, 0.6) is 0 Å². The lowest BCUT2D eigenvalue weighted by molar-refractivity contribution is -0.106. The van der Waals surface area contributed by atoms with Gasteiger partial charge >= 0.3 is 0 Å². The monoisotopic (exact) mass is 469 g/mol. The second kappa shape index (κ2) is 12.2. The Morgan fingerprint density at radius 3 is 2.53 bits per heavy atom. The molecule has 32 heavy (non-hydrogen) atoms. The van der Waals surface area contributed by atoms with Crippen molar-refractivity contribution in [3.63, 3.8) is 0 Å². The van der Waals surface area contributed by atoms with E-state index < -0.39 is 10.3 Å². The van der Waals surface area contributed by atoms with E-state index in [1.165, 1.54) is 13.0 Å².